The fourth-order valence-corrected chi connectivity index (χ4v) is 1.96. The molecule has 2 heterocycles. The molecular weight excluding hydrogens is 348 g/mol. The van der Waals surface area contributed by atoms with E-state index < -0.39 is 0 Å². The van der Waals surface area contributed by atoms with Gasteiger partial charge in [0.1, 0.15) is 0 Å². The Kier molecular flexibility index (Phi) is 4.87. The van der Waals surface area contributed by atoms with E-state index in [1.165, 1.54) is 4.90 Å². The minimum Gasteiger partial charge on any atom is -0.275 e. The maximum atomic E-state index is 5.74. The number of rotatable bonds is 4. The third kappa shape index (κ3) is 3.63. The molecule has 20 heavy (non-hydrogen) atoms. The van der Waals surface area contributed by atoms with Crippen molar-refractivity contribution in [3.8, 4) is 0 Å². The van der Waals surface area contributed by atoms with Crippen LogP contribution < -0.4 is 4.90 Å². The summed E-state index contributed by atoms with van der Waals surface area (Å²) < 4.78 is 0. The van der Waals surface area contributed by atoms with Crippen molar-refractivity contribution in [2.75, 3.05) is 11.4 Å². The van der Waals surface area contributed by atoms with Crippen LogP contribution >= 0.6 is 46.4 Å². The summed E-state index contributed by atoms with van der Waals surface area (Å²) in [6.45, 7) is 3.90. The van der Waals surface area contributed by atoms with Crippen molar-refractivity contribution in [1.29, 1.82) is 0 Å². The summed E-state index contributed by atoms with van der Waals surface area (Å²) >= 11 is 23.0. The van der Waals surface area contributed by atoms with E-state index in [9.17, 15) is 0 Å². The molecule has 0 aliphatic rings. The summed E-state index contributed by atoms with van der Waals surface area (Å²) in [6, 6.07) is 0. The third-order valence-corrected chi connectivity index (χ3v) is 2.61. The van der Waals surface area contributed by atoms with Gasteiger partial charge in [0.05, 0.1) is 0 Å². The lowest BCUT2D eigenvalue weighted by molar-refractivity contribution is 0.892. The Morgan fingerprint density at radius 2 is 1.10 bits per heavy atom. The quantitative estimate of drug-likeness (QED) is 0.782. The van der Waals surface area contributed by atoms with Gasteiger partial charge in [0.25, 0.3) is 0 Å². The molecule has 0 aromatic carbocycles. The van der Waals surface area contributed by atoms with Crippen LogP contribution in [0.15, 0.2) is 12.7 Å². The zero-order valence-electron chi connectivity index (χ0n) is 9.63. The largest absolute Gasteiger partial charge is 0.275 e. The molecule has 0 fully saturated rings. The molecule has 0 aliphatic carbocycles. The van der Waals surface area contributed by atoms with E-state index in [0.29, 0.717) is 0 Å². The predicted molar refractivity (Wildman–Crippen MR) is 76.9 cm³/mol. The minimum absolute atomic E-state index is 0.0692. The van der Waals surface area contributed by atoms with E-state index in [1.54, 1.807) is 6.08 Å². The standard InChI is InChI=1S/C9H5Cl4N7/c1-2-3-20(8-16-4(10)14-5(11)17-8)9-18-6(12)15-7(13)19-9/h2H,1,3H2. The molecule has 0 aliphatic heterocycles. The van der Waals surface area contributed by atoms with Gasteiger partial charge in [-0.3, -0.25) is 4.90 Å². The molecular formula is C9H5Cl4N7. The Morgan fingerprint density at radius 1 is 0.750 bits per heavy atom. The molecule has 2 rings (SSSR count). The van der Waals surface area contributed by atoms with Crippen molar-refractivity contribution in [2.24, 2.45) is 0 Å². The highest BCUT2D eigenvalue weighted by Gasteiger charge is 2.17. The molecule has 104 valence electrons. The van der Waals surface area contributed by atoms with Crippen LogP contribution in [-0.4, -0.2) is 36.4 Å². The summed E-state index contributed by atoms with van der Waals surface area (Å²) in [5, 5.41) is -0.277. The molecule has 0 radical (unpaired) electrons. The second-order valence-corrected chi connectivity index (χ2v) is 4.60. The second kappa shape index (κ2) is 6.45. The molecule has 0 amide bonds. The molecule has 7 nitrogen and oxygen atoms in total. The van der Waals surface area contributed by atoms with E-state index >= 15 is 0 Å². The Balaban J connectivity index is 2.52. The number of aromatic nitrogens is 6. The first kappa shape index (κ1) is 15.1. The van der Waals surface area contributed by atoms with Gasteiger partial charge in [-0.15, -0.1) is 6.58 Å². The first-order chi connectivity index (χ1) is 9.49. The topological polar surface area (TPSA) is 80.6 Å². The fourth-order valence-electron chi connectivity index (χ4n) is 1.26. The smallest absolute Gasteiger partial charge is 0.238 e. The van der Waals surface area contributed by atoms with Crippen LogP contribution in [0.2, 0.25) is 21.1 Å². The van der Waals surface area contributed by atoms with Gasteiger partial charge in [0.15, 0.2) is 0 Å². The van der Waals surface area contributed by atoms with Crippen LogP contribution in [0.1, 0.15) is 0 Å². The lowest BCUT2D eigenvalue weighted by Gasteiger charge is -2.18. The number of halogens is 4. The van der Waals surface area contributed by atoms with Gasteiger partial charge in [-0.05, 0) is 46.4 Å². The van der Waals surface area contributed by atoms with Gasteiger partial charge < -0.3 is 0 Å². The van der Waals surface area contributed by atoms with Gasteiger partial charge in [-0.2, -0.15) is 29.9 Å². The molecule has 0 bridgehead atoms. The Hall–Kier alpha value is -1.28. The first-order valence-electron chi connectivity index (χ1n) is 5.02. The molecule has 0 saturated heterocycles. The molecule has 0 N–H and O–H groups in total. The van der Waals surface area contributed by atoms with Gasteiger partial charge in [-0.1, -0.05) is 6.08 Å². The fraction of sp³-hybridized carbons (Fsp3) is 0.111. The second-order valence-electron chi connectivity index (χ2n) is 3.25. The monoisotopic (exact) mass is 351 g/mol. The normalized spacial score (nSPS) is 10.4. The Bertz CT molecular complexity index is 558. The first-order valence-corrected chi connectivity index (χ1v) is 6.53. The maximum absolute atomic E-state index is 5.74. The zero-order valence-corrected chi connectivity index (χ0v) is 12.7. The highest BCUT2D eigenvalue weighted by Crippen LogP contribution is 2.22. The molecule has 11 heteroatoms. The lowest BCUT2D eigenvalue weighted by Crippen LogP contribution is -2.22. The SMILES string of the molecule is C=CCN(c1nc(Cl)nc(Cl)n1)c1nc(Cl)nc(Cl)n1. The van der Waals surface area contributed by atoms with Crippen molar-refractivity contribution >= 4 is 58.3 Å². The minimum atomic E-state index is -0.0692. The summed E-state index contributed by atoms with van der Waals surface area (Å²) in [5.41, 5.74) is 0. The highest BCUT2D eigenvalue weighted by molar-refractivity contribution is 6.31. The van der Waals surface area contributed by atoms with Gasteiger partial charge in [0, 0.05) is 6.54 Å². The Morgan fingerprint density at radius 3 is 1.40 bits per heavy atom. The van der Waals surface area contributed by atoms with E-state index in [2.05, 4.69) is 36.5 Å². The average molecular weight is 353 g/mol. The third-order valence-electron chi connectivity index (χ3n) is 1.93. The van der Waals surface area contributed by atoms with Crippen LogP contribution in [0, 0.1) is 0 Å². The molecule has 2 aromatic rings. The number of hydrogen-bond donors (Lipinski definition) is 0. The van der Waals surface area contributed by atoms with E-state index in [-0.39, 0.29) is 39.6 Å². The van der Waals surface area contributed by atoms with E-state index in [4.69, 9.17) is 46.4 Å². The molecule has 0 spiro atoms. The van der Waals surface area contributed by atoms with Crippen molar-refractivity contribution in [3.05, 3.63) is 33.8 Å². The lowest BCUT2D eigenvalue weighted by atomic mass is 10.5. The van der Waals surface area contributed by atoms with Crippen LogP contribution in [0.3, 0.4) is 0 Å². The van der Waals surface area contributed by atoms with Crippen molar-refractivity contribution in [1.82, 2.24) is 29.9 Å². The predicted octanol–water partition coefficient (Wildman–Crippen LogP) is 2.99. The summed E-state index contributed by atoms with van der Waals surface area (Å²) in [4.78, 5) is 24.5. The van der Waals surface area contributed by atoms with E-state index in [1.807, 2.05) is 0 Å². The average Bonchev–Trinajstić information content (AvgIpc) is 2.33. The van der Waals surface area contributed by atoms with Crippen LogP contribution in [0.4, 0.5) is 11.9 Å². The van der Waals surface area contributed by atoms with Gasteiger partial charge >= 0.3 is 0 Å². The molecule has 0 unspecified atom stereocenters. The summed E-state index contributed by atoms with van der Waals surface area (Å²) in [6.07, 6.45) is 1.58. The number of anilines is 2. The van der Waals surface area contributed by atoms with Crippen LogP contribution in [0.5, 0.6) is 0 Å². The van der Waals surface area contributed by atoms with Crippen LogP contribution in [0.25, 0.3) is 0 Å². The van der Waals surface area contributed by atoms with Crippen molar-refractivity contribution in [3.63, 3.8) is 0 Å². The van der Waals surface area contributed by atoms with Crippen molar-refractivity contribution in [2.45, 2.75) is 0 Å². The van der Waals surface area contributed by atoms with Gasteiger partial charge in [-0.25, -0.2) is 0 Å². The zero-order chi connectivity index (χ0) is 14.7. The highest BCUT2D eigenvalue weighted by atomic mass is 35.5. The maximum Gasteiger partial charge on any atom is 0.238 e. The summed E-state index contributed by atoms with van der Waals surface area (Å²) in [7, 11) is 0. The summed E-state index contributed by atoms with van der Waals surface area (Å²) in [5.74, 6) is 0.265. The van der Waals surface area contributed by atoms with Crippen LogP contribution in [-0.2, 0) is 0 Å². The number of hydrogen-bond acceptors (Lipinski definition) is 7. The number of nitrogens with zero attached hydrogens (tertiary/aromatic N) is 7. The Labute approximate surface area is 133 Å². The molecule has 2 aromatic heterocycles. The molecule has 0 atom stereocenters. The van der Waals surface area contributed by atoms with E-state index in [0.717, 1.165) is 0 Å². The molecule has 0 saturated carbocycles. The van der Waals surface area contributed by atoms with Gasteiger partial charge in [0.2, 0.25) is 33.0 Å². The van der Waals surface area contributed by atoms with Crippen molar-refractivity contribution < 1.29 is 0 Å².